The molecule has 0 radical (unpaired) electrons. The molecule has 6 heteroatoms. The quantitative estimate of drug-likeness (QED) is 0.922. The van der Waals surface area contributed by atoms with E-state index in [9.17, 15) is 4.79 Å². The second-order valence-corrected chi connectivity index (χ2v) is 5.38. The van der Waals surface area contributed by atoms with Gasteiger partial charge in [0.2, 0.25) is 5.91 Å². The van der Waals surface area contributed by atoms with Crippen molar-refractivity contribution in [3.05, 3.63) is 28.8 Å². The number of nitrogens with one attached hydrogen (secondary N) is 1. The smallest absolute Gasteiger partial charge is 0.243 e. The first kappa shape index (κ1) is 13.4. The van der Waals surface area contributed by atoms with Crippen LogP contribution < -0.4 is 10.1 Å². The van der Waals surface area contributed by atoms with Crippen molar-refractivity contribution in [2.75, 3.05) is 20.2 Å². The molecule has 3 rings (SSSR count). The Morgan fingerprint density at radius 2 is 2.20 bits per heavy atom. The predicted molar refractivity (Wildman–Crippen MR) is 77.3 cm³/mol. The predicted octanol–water partition coefficient (Wildman–Crippen LogP) is 1.65. The summed E-state index contributed by atoms with van der Waals surface area (Å²) in [4.78, 5) is 12.0. The molecule has 1 fully saturated rings. The second-order valence-electron chi connectivity index (χ2n) is 4.94. The molecular weight excluding hydrogens is 278 g/mol. The van der Waals surface area contributed by atoms with Crippen molar-refractivity contribution in [3.8, 4) is 5.75 Å². The summed E-state index contributed by atoms with van der Waals surface area (Å²) in [7, 11) is 1.61. The third-order valence-corrected chi connectivity index (χ3v) is 3.88. The largest absolute Gasteiger partial charge is 0.496 e. The van der Waals surface area contributed by atoms with Gasteiger partial charge < -0.3 is 10.1 Å². The van der Waals surface area contributed by atoms with Gasteiger partial charge in [-0.05, 0) is 18.2 Å². The van der Waals surface area contributed by atoms with Gasteiger partial charge in [0.1, 0.15) is 5.75 Å². The van der Waals surface area contributed by atoms with Crippen LogP contribution in [0.4, 0.5) is 0 Å². The van der Waals surface area contributed by atoms with Crippen molar-refractivity contribution in [1.82, 2.24) is 10.3 Å². The number of hydrogen-bond acceptors (Lipinski definition) is 4. The van der Waals surface area contributed by atoms with Gasteiger partial charge in [0.25, 0.3) is 0 Å². The van der Waals surface area contributed by atoms with E-state index < -0.39 is 0 Å². The van der Waals surface area contributed by atoms with Crippen LogP contribution in [0.5, 0.6) is 5.75 Å². The minimum atomic E-state index is 0.0909. The van der Waals surface area contributed by atoms with E-state index in [1.54, 1.807) is 18.2 Å². The summed E-state index contributed by atoms with van der Waals surface area (Å²) in [6, 6.07) is 5.65. The Morgan fingerprint density at radius 1 is 1.40 bits per heavy atom. The van der Waals surface area contributed by atoms with Crippen LogP contribution >= 0.6 is 11.6 Å². The molecule has 0 bridgehead atoms. The van der Waals surface area contributed by atoms with Gasteiger partial charge in [-0.25, -0.2) is 5.01 Å². The lowest BCUT2D eigenvalue weighted by Crippen LogP contribution is -2.58. The number of hydrazone groups is 1. The van der Waals surface area contributed by atoms with Crippen molar-refractivity contribution < 1.29 is 9.53 Å². The maximum absolute atomic E-state index is 12.0. The molecule has 0 unspecified atom stereocenters. The molecule has 2 aliphatic heterocycles. The molecule has 1 amide bonds. The second kappa shape index (κ2) is 5.42. The van der Waals surface area contributed by atoms with Gasteiger partial charge in [-0.2, -0.15) is 5.10 Å². The third kappa shape index (κ3) is 2.39. The summed E-state index contributed by atoms with van der Waals surface area (Å²) < 4.78 is 5.36. The number of benzene rings is 1. The molecule has 2 aliphatic rings. The molecule has 0 saturated carbocycles. The SMILES string of the molecule is COc1cc(Cl)ccc1C1=NN(C2CNC2)C(=O)CC1. The molecule has 106 valence electrons. The summed E-state index contributed by atoms with van der Waals surface area (Å²) in [5, 5.41) is 9.93. The zero-order valence-electron chi connectivity index (χ0n) is 11.2. The summed E-state index contributed by atoms with van der Waals surface area (Å²) in [6.45, 7) is 1.61. The van der Waals surface area contributed by atoms with E-state index in [1.807, 2.05) is 12.1 Å². The minimum absolute atomic E-state index is 0.0909. The highest BCUT2D eigenvalue weighted by Crippen LogP contribution is 2.27. The third-order valence-electron chi connectivity index (χ3n) is 3.64. The Bertz CT molecular complexity index is 570. The minimum Gasteiger partial charge on any atom is -0.496 e. The maximum atomic E-state index is 12.0. The Labute approximate surface area is 122 Å². The number of halogens is 1. The monoisotopic (exact) mass is 293 g/mol. The molecule has 1 aromatic carbocycles. The Kier molecular flexibility index (Phi) is 3.63. The summed E-state index contributed by atoms with van der Waals surface area (Å²) in [5.74, 6) is 0.783. The van der Waals surface area contributed by atoms with Crippen LogP contribution in [0.3, 0.4) is 0 Å². The van der Waals surface area contributed by atoms with E-state index in [0.29, 0.717) is 23.6 Å². The number of nitrogens with zero attached hydrogens (tertiary/aromatic N) is 2. The fourth-order valence-corrected chi connectivity index (χ4v) is 2.56. The fraction of sp³-hybridized carbons (Fsp3) is 0.429. The molecule has 20 heavy (non-hydrogen) atoms. The van der Waals surface area contributed by atoms with Gasteiger partial charge in [0, 0.05) is 36.5 Å². The van der Waals surface area contributed by atoms with Gasteiger partial charge >= 0.3 is 0 Å². The number of hydrogen-bond donors (Lipinski definition) is 1. The fourth-order valence-electron chi connectivity index (χ4n) is 2.40. The van der Waals surface area contributed by atoms with Crippen LogP contribution in [0, 0.1) is 0 Å². The van der Waals surface area contributed by atoms with Gasteiger partial charge in [0.05, 0.1) is 18.9 Å². The maximum Gasteiger partial charge on any atom is 0.243 e. The highest BCUT2D eigenvalue weighted by Gasteiger charge is 2.32. The highest BCUT2D eigenvalue weighted by molar-refractivity contribution is 6.31. The van der Waals surface area contributed by atoms with Crippen LogP contribution in [0.15, 0.2) is 23.3 Å². The van der Waals surface area contributed by atoms with Crippen LogP contribution in [0.1, 0.15) is 18.4 Å². The normalized spacial score (nSPS) is 19.6. The molecule has 5 nitrogen and oxygen atoms in total. The summed E-state index contributed by atoms with van der Waals surface area (Å²) in [6.07, 6.45) is 1.12. The molecule has 0 atom stereocenters. The van der Waals surface area contributed by atoms with Gasteiger partial charge in [-0.1, -0.05) is 11.6 Å². The molecular formula is C14H16ClN3O2. The first-order valence-corrected chi connectivity index (χ1v) is 7.01. The number of carbonyl (C=O) groups is 1. The molecule has 0 spiro atoms. The average molecular weight is 294 g/mol. The van der Waals surface area contributed by atoms with Crippen LogP contribution in [-0.2, 0) is 4.79 Å². The number of amides is 1. The number of carbonyl (C=O) groups excluding carboxylic acids is 1. The lowest BCUT2D eigenvalue weighted by atomic mass is 10.0. The zero-order valence-corrected chi connectivity index (χ0v) is 12.0. The Balaban J connectivity index is 1.94. The van der Waals surface area contributed by atoms with Crippen molar-refractivity contribution in [2.24, 2.45) is 5.10 Å². The van der Waals surface area contributed by atoms with Crippen molar-refractivity contribution in [2.45, 2.75) is 18.9 Å². The molecule has 1 N–H and O–H groups in total. The average Bonchev–Trinajstić information content (AvgIpc) is 2.39. The van der Waals surface area contributed by atoms with Crippen molar-refractivity contribution in [1.29, 1.82) is 0 Å². The topological polar surface area (TPSA) is 53.9 Å². The Hall–Kier alpha value is -1.59. The lowest BCUT2D eigenvalue weighted by molar-refractivity contribution is -0.135. The summed E-state index contributed by atoms with van der Waals surface area (Å²) in [5.41, 5.74) is 1.78. The van der Waals surface area contributed by atoms with Gasteiger partial charge in [-0.15, -0.1) is 0 Å². The van der Waals surface area contributed by atoms with Crippen LogP contribution in [0.2, 0.25) is 5.02 Å². The first-order chi connectivity index (χ1) is 9.69. The Morgan fingerprint density at radius 3 is 2.85 bits per heavy atom. The summed E-state index contributed by atoms with van der Waals surface area (Å²) >= 11 is 5.98. The van der Waals surface area contributed by atoms with E-state index in [-0.39, 0.29) is 11.9 Å². The molecule has 0 aromatic heterocycles. The molecule has 2 heterocycles. The van der Waals surface area contributed by atoms with Crippen LogP contribution in [-0.4, -0.2) is 42.9 Å². The van der Waals surface area contributed by atoms with Crippen molar-refractivity contribution >= 4 is 23.2 Å². The standard InChI is InChI=1S/C14H16ClN3O2/c1-20-13-6-9(15)2-3-11(13)12-4-5-14(19)18(17-12)10-7-16-8-10/h2-3,6,10,16H,4-5,7-8H2,1H3. The zero-order chi connectivity index (χ0) is 14.1. The van der Waals surface area contributed by atoms with E-state index in [4.69, 9.17) is 16.3 Å². The number of rotatable bonds is 3. The van der Waals surface area contributed by atoms with E-state index >= 15 is 0 Å². The van der Waals surface area contributed by atoms with E-state index in [0.717, 1.165) is 24.4 Å². The van der Waals surface area contributed by atoms with E-state index in [1.165, 1.54) is 0 Å². The number of methoxy groups -OCH3 is 1. The highest BCUT2D eigenvalue weighted by atomic mass is 35.5. The van der Waals surface area contributed by atoms with Gasteiger partial charge in [-0.3, -0.25) is 4.79 Å². The lowest BCUT2D eigenvalue weighted by Gasteiger charge is -2.37. The van der Waals surface area contributed by atoms with Crippen LogP contribution in [0.25, 0.3) is 0 Å². The molecule has 1 aromatic rings. The number of ether oxygens (including phenoxy) is 1. The van der Waals surface area contributed by atoms with Gasteiger partial charge in [0.15, 0.2) is 0 Å². The van der Waals surface area contributed by atoms with E-state index in [2.05, 4.69) is 10.4 Å². The first-order valence-electron chi connectivity index (χ1n) is 6.63. The molecule has 0 aliphatic carbocycles. The van der Waals surface area contributed by atoms with Crippen molar-refractivity contribution in [3.63, 3.8) is 0 Å². The molecule has 1 saturated heterocycles.